The van der Waals surface area contributed by atoms with E-state index in [9.17, 15) is 14.4 Å². The predicted octanol–water partition coefficient (Wildman–Crippen LogP) is 1.11. The van der Waals surface area contributed by atoms with Gasteiger partial charge in [-0.15, -0.1) is 0 Å². The minimum Gasteiger partial charge on any atom is -0.496 e. The smallest absolute Gasteiger partial charge is 0.331 e. The van der Waals surface area contributed by atoms with E-state index in [1.54, 1.807) is 30.3 Å². The molecular formula is C17H15N3O4. The second-order valence-corrected chi connectivity index (χ2v) is 5.59. The molecule has 2 aromatic rings. The van der Waals surface area contributed by atoms with Gasteiger partial charge in [0.2, 0.25) is 0 Å². The maximum Gasteiger partial charge on any atom is 0.331 e. The Morgan fingerprint density at radius 1 is 1.33 bits per heavy atom. The lowest BCUT2D eigenvalue weighted by molar-refractivity contribution is 0.0965. The van der Waals surface area contributed by atoms with Crippen molar-refractivity contribution in [2.24, 2.45) is 0 Å². The van der Waals surface area contributed by atoms with Crippen LogP contribution in [0.15, 0.2) is 40.1 Å². The van der Waals surface area contributed by atoms with Crippen molar-refractivity contribution in [2.45, 2.75) is 25.4 Å². The summed E-state index contributed by atoms with van der Waals surface area (Å²) in [5.74, 6) is -0.0569. The summed E-state index contributed by atoms with van der Waals surface area (Å²) < 4.78 is 7.33. The molecule has 0 saturated heterocycles. The Morgan fingerprint density at radius 3 is 2.67 bits per heavy atom. The van der Waals surface area contributed by atoms with E-state index in [0.29, 0.717) is 5.75 Å². The van der Waals surface area contributed by atoms with Gasteiger partial charge in [-0.2, -0.15) is 5.26 Å². The van der Waals surface area contributed by atoms with Gasteiger partial charge in [0.05, 0.1) is 19.2 Å². The van der Waals surface area contributed by atoms with E-state index >= 15 is 0 Å². The van der Waals surface area contributed by atoms with E-state index in [-0.39, 0.29) is 17.2 Å². The van der Waals surface area contributed by atoms with Crippen LogP contribution in [0.1, 0.15) is 34.8 Å². The van der Waals surface area contributed by atoms with Gasteiger partial charge in [-0.25, -0.2) is 4.79 Å². The Morgan fingerprint density at radius 2 is 2.04 bits per heavy atom. The van der Waals surface area contributed by atoms with Gasteiger partial charge < -0.3 is 4.74 Å². The Balaban J connectivity index is 2.05. The summed E-state index contributed by atoms with van der Waals surface area (Å²) in [4.78, 5) is 37.3. The molecule has 1 fully saturated rings. The lowest BCUT2D eigenvalue weighted by Gasteiger charge is -2.11. The summed E-state index contributed by atoms with van der Waals surface area (Å²) in [6, 6.07) is 8.38. The summed E-state index contributed by atoms with van der Waals surface area (Å²) in [5.41, 5.74) is -1.17. The van der Waals surface area contributed by atoms with Crippen LogP contribution >= 0.6 is 0 Å². The second kappa shape index (κ2) is 6.16. The van der Waals surface area contributed by atoms with Crippen molar-refractivity contribution in [2.75, 3.05) is 7.11 Å². The number of methoxy groups -OCH3 is 1. The average molecular weight is 325 g/mol. The fourth-order valence-corrected chi connectivity index (χ4v) is 2.56. The van der Waals surface area contributed by atoms with E-state index in [1.165, 1.54) is 17.9 Å². The van der Waals surface area contributed by atoms with Crippen LogP contribution in [0.25, 0.3) is 0 Å². The van der Waals surface area contributed by atoms with Crippen LogP contribution in [0.4, 0.5) is 0 Å². The molecule has 1 saturated carbocycles. The zero-order valence-corrected chi connectivity index (χ0v) is 13.1. The summed E-state index contributed by atoms with van der Waals surface area (Å²) in [5, 5.41) is 9.11. The van der Waals surface area contributed by atoms with Crippen LogP contribution in [-0.2, 0) is 6.54 Å². The van der Waals surface area contributed by atoms with Gasteiger partial charge in [0.25, 0.3) is 5.56 Å². The molecule has 7 heteroatoms. The third-order valence-electron chi connectivity index (χ3n) is 3.97. The zero-order chi connectivity index (χ0) is 17.3. The van der Waals surface area contributed by atoms with Gasteiger partial charge in [-0.05, 0) is 25.0 Å². The summed E-state index contributed by atoms with van der Waals surface area (Å²) in [6.45, 7) is -0.430. The highest BCUT2D eigenvalue weighted by molar-refractivity contribution is 5.98. The number of nitrogens with zero attached hydrogens (tertiary/aromatic N) is 3. The molecule has 0 aliphatic heterocycles. The molecule has 0 atom stereocenters. The lowest BCUT2D eigenvalue weighted by Crippen LogP contribution is -2.42. The van der Waals surface area contributed by atoms with Crippen molar-refractivity contribution in [3.8, 4) is 11.8 Å². The number of nitriles is 1. The number of carbonyl (C=O) groups is 1. The summed E-state index contributed by atoms with van der Waals surface area (Å²) >= 11 is 0. The largest absolute Gasteiger partial charge is 0.496 e. The Kier molecular flexibility index (Phi) is 4.04. The van der Waals surface area contributed by atoms with Crippen LogP contribution in [0.5, 0.6) is 5.75 Å². The standard InChI is InChI=1S/C17H15N3O4/c1-24-15-5-3-2-4-13(15)14(21)10-20-16(22)11(8-18)9-19(17(20)23)12-6-7-12/h2-5,9,12H,6-7,10H2,1H3. The van der Waals surface area contributed by atoms with Gasteiger partial charge in [0.15, 0.2) is 5.78 Å². The third-order valence-corrected chi connectivity index (χ3v) is 3.97. The van der Waals surface area contributed by atoms with Crippen LogP contribution in [0.3, 0.4) is 0 Å². The monoisotopic (exact) mass is 325 g/mol. The minimum absolute atomic E-state index is 0.00202. The highest BCUT2D eigenvalue weighted by atomic mass is 16.5. The van der Waals surface area contributed by atoms with E-state index in [2.05, 4.69) is 0 Å². The van der Waals surface area contributed by atoms with E-state index < -0.39 is 23.6 Å². The van der Waals surface area contributed by atoms with Gasteiger partial charge in [-0.1, -0.05) is 12.1 Å². The SMILES string of the molecule is COc1ccccc1C(=O)Cn1c(=O)c(C#N)cn(C2CC2)c1=O. The molecular weight excluding hydrogens is 310 g/mol. The first kappa shape index (κ1) is 15.7. The highest BCUT2D eigenvalue weighted by Crippen LogP contribution is 2.33. The first-order valence-electron chi connectivity index (χ1n) is 7.49. The van der Waals surface area contributed by atoms with Crippen molar-refractivity contribution >= 4 is 5.78 Å². The van der Waals surface area contributed by atoms with E-state index in [0.717, 1.165) is 17.4 Å². The molecule has 122 valence electrons. The number of para-hydroxylation sites is 1. The third kappa shape index (κ3) is 2.74. The summed E-state index contributed by atoms with van der Waals surface area (Å²) in [6.07, 6.45) is 2.93. The zero-order valence-electron chi connectivity index (χ0n) is 13.1. The van der Waals surface area contributed by atoms with Gasteiger partial charge in [0.1, 0.15) is 17.4 Å². The fraction of sp³-hybridized carbons (Fsp3) is 0.294. The molecule has 0 radical (unpaired) electrons. The second-order valence-electron chi connectivity index (χ2n) is 5.59. The highest BCUT2D eigenvalue weighted by Gasteiger charge is 2.27. The normalized spacial score (nSPS) is 13.3. The minimum atomic E-state index is -0.748. The van der Waals surface area contributed by atoms with Crippen LogP contribution in [0.2, 0.25) is 0 Å². The number of rotatable bonds is 5. The number of Topliss-reactive ketones (excluding diaryl/α,β-unsaturated/α-hetero) is 1. The molecule has 3 rings (SSSR count). The van der Waals surface area contributed by atoms with Crippen molar-refractivity contribution < 1.29 is 9.53 Å². The van der Waals surface area contributed by atoms with Crippen molar-refractivity contribution in [1.82, 2.24) is 9.13 Å². The van der Waals surface area contributed by atoms with Gasteiger partial charge >= 0.3 is 5.69 Å². The maximum atomic E-state index is 12.5. The molecule has 1 heterocycles. The topological polar surface area (TPSA) is 94.1 Å². The molecule has 1 aliphatic rings. The number of hydrogen-bond acceptors (Lipinski definition) is 5. The van der Waals surface area contributed by atoms with E-state index in [1.807, 2.05) is 0 Å². The average Bonchev–Trinajstić information content (AvgIpc) is 3.43. The van der Waals surface area contributed by atoms with Crippen LogP contribution in [-0.4, -0.2) is 22.0 Å². The number of benzene rings is 1. The van der Waals surface area contributed by atoms with Crippen LogP contribution in [0, 0.1) is 11.3 Å². The van der Waals surface area contributed by atoms with Gasteiger partial charge in [0, 0.05) is 12.2 Å². The quantitative estimate of drug-likeness (QED) is 0.768. The Hall–Kier alpha value is -3.14. The first-order chi connectivity index (χ1) is 11.6. The number of aromatic nitrogens is 2. The molecule has 0 spiro atoms. The molecule has 1 aromatic heterocycles. The van der Waals surface area contributed by atoms with Crippen LogP contribution < -0.4 is 16.0 Å². The number of hydrogen-bond donors (Lipinski definition) is 0. The number of carbonyl (C=O) groups excluding carboxylic acids is 1. The maximum absolute atomic E-state index is 12.5. The Labute approximate surface area is 137 Å². The molecule has 0 bridgehead atoms. The predicted molar refractivity (Wildman–Crippen MR) is 85.3 cm³/mol. The molecule has 0 N–H and O–H groups in total. The molecule has 0 unspecified atom stereocenters. The van der Waals surface area contributed by atoms with Gasteiger partial charge in [-0.3, -0.25) is 18.7 Å². The van der Waals surface area contributed by atoms with E-state index in [4.69, 9.17) is 10.00 Å². The molecule has 7 nitrogen and oxygen atoms in total. The molecule has 0 amide bonds. The van der Waals surface area contributed by atoms with Crippen molar-refractivity contribution in [3.05, 3.63) is 62.4 Å². The fourth-order valence-electron chi connectivity index (χ4n) is 2.56. The molecule has 24 heavy (non-hydrogen) atoms. The van der Waals surface area contributed by atoms with Crippen molar-refractivity contribution in [3.63, 3.8) is 0 Å². The lowest BCUT2D eigenvalue weighted by atomic mass is 10.1. The van der Waals surface area contributed by atoms with Crippen molar-refractivity contribution in [1.29, 1.82) is 5.26 Å². The Bertz CT molecular complexity index is 961. The first-order valence-corrected chi connectivity index (χ1v) is 7.49. The molecule has 1 aliphatic carbocycles. The molecule has 1 aromatic carbocycles. The summed E-state index contributed by atoms with van der Waals surface area (Å²) in [7, 11) is 1.44. The number of ketones is 1. The number of ether oxygens (including phenoxy) is 1.